The quantitative estimate of drug-likeness (QED) is 0.593. The van der Waals surface area contributed by atoms with Crippen LogP contribution in [0.25, 0.3) is 0 Å². The SMILES string of the molecule is CCOc1ccc(CNCC#N)cc1F. The lowest BCUT2D eigenvalue weighted by molar-refractivity contribution is 0.321. The van der Waals surface area contributed by atoms with Crippen LogP contribution in [0.15, 0.2) is 18.2 Å². The predicted octanol–water partition coefficient (Wildman–Crippen LogP) is 1.84. The van der Waals surface area contributed by atoms with Crippen molar-refractivity contribution < 1.29 is 9.13 Å². The molecule has 1 rings (SSSR count). The Balaban J connectivity index is 2.61. The van der Waals surface area contributed by atoms with Crippen LogP contribution in [0.2, 0.25) is 0 Å². The highest BCUT2D eigenvalue weighted by molar-refractivity contribution is 5.29. The molecule has 0 bridgehead atoms. The normalized spacial score (nSPS) is 9.67. The maximum atomic E-state index is 13.3. The fourth-order valence-corrected chi connectivity index (χ4v) is 1.19. The molecule has 0 unspecified atom stereocenters. The Morgan fingerprint density at radius 2 is 2.33 bits per heavy atom. The monoisotopic (exact) mass is 208 g/mol. The van der Waals surface area contributed by atoms with Gasteiger partial charge in [0.05, 0.1) is 19.2 Å². The Kier molecular flexibility index (Phi) is 4.58. The first-order chi connectivity index (χ1) is 7.27. The summed E-state index contributed by atoms with van der Waals surface area (Å²) >= 11 is 0. The highest BCUT2D eigenvalue weighted by atomic mass is 19.1. The summed E-state index contributed by atoms with van der Waals surface area (Å²) in [5.74, 6) is -0.102. The third-order valence-corrected chi connectivity index (χ3v) is 1.83. The molecule has 1 aromatic rings. The topological polar surface area (TPSA) is 45.0 Å². The van der Waals surface area contributed by atoms with Gasteiger partial charge in [-0.05, 0) is 24.6 Å². The lowest BCUT2D eigenvalue weighted by Crippen LogP contribution is -2.13. The van der Waals surface area contributed by atoms with Crippen LogP contribution in [0.3, 0.4) is 0 Å². The fraction of sp³-hybridized carbons (Fsp3) is 0.364. The number of benzene rings is 1. The average molecular weight is 208 g/mol. The van der Waals surface area contributed by atoms with E-state index in [9.17, 15) is 4.39 Å². The Hall–Kier alpha value is -1.60. The van der Waals surface area contributed by atoms with Gasteiger partial charge >= 0.3 is 0 Å². The van der Waals surface area contributed by atoms with Crippen molar-refractivity contribution in [3.8, 4) is 11.8 Å². The molecular weight excluding hydrogens is 195 g/mol. The number of hydrogen-bond donors (Lipinski definition) is 1. The summed E-state index contributed by atoms with van der Waals surface area (Å²) in [5, 5.41) is 11.2. The Morgan fingerprint density at radius 1 is 1.53 bits per heavy atom. The summed E-state index contributed by atoms with van der Waals surface area (Å²) in [4.78, 5) is 0. The molecule has 0 heterocycles. The van der Waals surface area contributed by atoms with Gasteiger partial charge in [-0.1, -0.05) is 6.07 Å². The van der Waals surface area contributed by atoms with Gasteiger partial charge in [-0.2, -0.15) is 5.26 Å². The van der Waals surface area contributed by atoms with Gasteiger partial charge in [-0.25, -0.2) is 4.39 Å². The molecule has 0 amide bonds. The zero-order valence-electron chi connectivity index (χ0n) is 8.59. The molecule has 0 saturated heterocycles. The second-order valence-corrected chi connectivity index (χ2v) is 2.96. The maximum Gasteiger partial charge on any atom is 0.165 e. The summed E-state index contributed by atoms with van der Waals surface area (Å²) in [6.45, 7) is 3.00. The molecule has 0 aliphatic rings. The van der Waals surface area contributed by atoms with Gasteiger partial charge in [0, 0.05) is 6.54 Å². The van der Waals surface area contributed by atoms with E-state index < -0.39 is 0 Å². The first-order valence-corrected chi connectivity index (χ1v) is 4.76. The molecule has 1 aromatic carbocycles. The van der Waals surface area contributed by atoms with E-state index in [0.29, 0.717) is 13.2 Å². The summed E-state index contributed by atoms with van der Waals surface area (Å²) < 4.78 is 18.4. The molecule has 80 valence electrons. The second-order valence-electron chi connectivity index (χ2n) is 2.96. The number of nitriles is 1. The molecule has 0 radical (unpaired) electrons. The molecule has 0 atom stereocenters. The minimum absolute atomic E-state index is 0.259. The second kappa shape index (κ2) is 5.99. The smallest absolute Gasteiger partial charge is 0.165 e. The maximum absolute atomic E-state index is 13.3. The number of halogens is 1. The fourth-order valence-electron chi connectivity index (χ4n) is 1.19. The third kappa shape index (κ3) is 3.56. The van der Waals surface area contributed by atoms with E-state index in [1.165, 1.54) is 6.07 Å². The number of nitrogens with one attached hydrogen (secondary N) is 1. The minimum atomic E-state index is -0.367. The lowest BCUT2D eigenvalue weighted by Gasteiger charge is -2.06. The van der Waals surface area contributed by atoms with Crippen LogP contribution >= 0.6 is 0 Å². The Bertz CT molecular complexity index is 360. The van der Waals surface area contributed by atoms with Gasteiger partial charge in [-0.3, -0.25) is 0 Å². The van der Waals surface area contributed by atoms with Crippen LogP contribution in [0.1, 0.15) is 12.5 Å². The summed E-state index contributed by atoms with van der Waals surface area (Å²) in [5.41, 5.74) is 0.797. The summed E-state index contributed by atoms with van der Waals surface area (Å²) in [6.07, 6.45) is 0. The van der Waals surface area contributed by atoms with Crippen LogP contribution in [-0.4, -0.2) is 13.2 Å². The van der Waals surface area contributed by atoms with Crippen molar-refractivity contribution in [1.82, 2.24) is 5.32 Å². The molecule has 3 nitrogen and oxygen atoms in total. The number of nitrogens with zero attached hydrogens (tertiary/aromatic N) is 1. The van der Waals surface area contributed by atoms with Gasteiger partial charge in [0.2, 0.25) is 0 Å². The van der Waals surface area contributed by atoms with Gasteiger partial charge in [0.15, 0.2) is 11.6 Å². The van der Waals surface area contributed by atoms with Crippen molar-refractivity contribution in [2.24, 2.45) is 0 Å². The van der Waals surface area contributed by atoms with Gasteiger partial charge in [0.1, 0.15) is 0 Å². The molecule has 15 heavy (non-hydrogen) atoms. The molecule has 0 spiro atoms. The van der Waals surface area contributed by atoms with Crippen molar-refractivity contribution in [2.75, 3.05) is 13.2 Å². The van der Waals surface area contributed by atoms with Crippen molar-refractivity contribution in [3.05, 3.63) is 29.6 Å². The van der Waals surface area contributed by atoms with Crippen LogP contribution in [0, 0.1) is 17.1 Å². The summed E-state index contributed by atoms with van der Waals surface area (Å²) in [6, 6.07) is 6.74. The molecule has 0 aromatic heterocycles. The standard InChI is InChI=1S/C11H13FN2O/c1-2-15-11-4-3-9(7-10(11)12)8-14-6-5-13/h3-4,7,14H,2,6,8H2,1H3. The zero-order valence-corrected chi connectivity index (χ0v) is 8.59. The van der Waals surface area contributed by atoms with Crippen LogP contribution in [-0.2, 0) is 6.54 Å². The number of ether oxygens (including phenoxy) is 1. The van der Waals surface area contributed by atoms with Gasteiger partial charge in [0.25, 0.3) is 0 Å². The van der Waals surface area contributed by atoms with Crippen molar-refractivity contribution in [3.63, 3.8) is 0 Å². The lowest BCUT2D eigenvalue weighted by atomic mass is 10.2. The van der Waals surface area contributed by atoms with Crippen molar-refractivity contribution >= 4 is 0 Å². The van der Waals surface area contributed by atoms with Gasteiger partial charge in [-0.15, -0.1) is 0 Å². The molecule has 0 aliphatic carbocycles. The highest BCUT2D eigenvalue weighted by Gasteiger charge is 2.03. The zero-order chi connectivity index (χ0) is 11.1. The molecule has 1 N–H and O–H groups in total. The molecular formula is C11H13FN2O. The van der Waals surface area contributed by atoms with Crippen LogP contribution < -0.4 is 10.1 Å². The molecule has 0 saturated carbocycles. The minimum Gasteiger partial charge on any atom is -0.491 e. The van der Waals surface area contributed by atoms with Crippen LogP contribution in [0.5, 0.6) is 5.75 Å². The molecule has 4 heteroatoms. The van der Waals surface area contributed by atoms with Crippen molar-refractivity contribution in [1.29, 1.82) is 5.26 Å². The molecule has 0 fully saturated rings. The first-order valence-electron chi connectivity index (χ1n) is 4.76. The van der Waals surface area contributed by atoms with Crippen molar-refractivity contribution in [2.45, 2.75) is 13.5 Å². The largest absolute Gasteiger partial charge is 0.491 e. The van der Waals surface area contributed by atoms with E-state index in [2.05, 4.69) is 5.32 Å². The van der Waals surface area contributed by atoms with Crippen LogP contribution in [0.4, 0.5) is 4.39 Å². The van der Waals surface area contributed by atoms with E-state index in [0.717, 1.165) is 5.56 Å². The van der Waals surface area contributed by atoms with Gasteiger partial charge < -0.3 is 10.1 Å². The highest BCUT2D eigenvalue weighted by Crippen LogP contribution is 2.18. The number of hydrogen-bond acceptors (Lipinski definition) is 3. The molecule has 0 aliphatic heterocycles. The number of rotatable bonds is 5. The Morgan fingerprint density at radius 3 is 2.93 bits per heavy atom. The first kappa shape index (κ1) is 11.5. The van der Waals surface area contributed by atoms with E-state index >= 15 is 0 Å². The Labute approximate surface area is 88.5 Å². The van der Waals surface area contributed by atoms with E-state index in [-0.39, 0.29) is 18.1 Å². The van der Waals surface area contributed by atoms with E-state index in [1.54, 1.807) is 12.1 Å². The van der Waals surface area contributed by atoms with E-state index in [4.69, 9.17) is 10.00 Å². The summed E-state index contributed by atoms with van der Waals surface area (Å²) in [7, 11) is 0. The predicted molar refractivity (Wildman–Crippen MR) is 54.9 cm³/mol. The average Bonchev–Trinajstić information content (AvgIpc) is 2.23. The third-order valence-electron chi connectivity index (χ3n) is 1.83. The van der Waals surface area contributed by atoms with E-state index in [1.807, 2.05) is 13.0 Å².